The van der Waals surface area contributed by atoms with Gasteiger partial charge in [-0.3, -0.25) is 9.36 Å². The molecule has 0 unspecified atom stereocenters. The van der Waals surface area contributed by atoms with Crippen LogP contribution in [0.3, 0.4) is 0 Å². The van der Waals surface area contributed by atoms with E-state index >= 15 is 0 Å². The minimum atomic E-state index is -0.0133. The van der Waals surface area contributed by atoms with Crippen LogP contribution in [-0.4, -0.2) is 53.7 Å². The second-order valence-corrected chi connectivity index (χ2v) is 8.42. The summed E-state index contributed by atoms with van der Waals surface area (Å²) in [6.07, 6.45) is 0. The molecule has 4 aromatic rings. The summed E-state index contributed by atoms with van der Waals surface area (Å²) >= 11 is 0. The molecular formula is C27H28N4O2. The van der Waals surface area contributed by atoms with Gasteiger partial charge in [0.25, 0.3) is 5.91 Å². The Morgan fingerprint density at radius 1 is 1.00 bits per heavy atom. The quantitative estimate of drug-likeness (QED) is 0.460. The number of imidazole rings is 1. The topological polar surface area (TPSA) is 50.6 Å². The first-order valence-electron chi connectivity index (χ1n) is 11.3. The van der Waals surface area contributed by atoms with Gasteiger partial charge in [-0.05, 0) is 48.9 Å². The Morgan fingerprint density at radius 3 is 2.52 bits per heavy atom. The molecule has 0 bridgehead atoms. The van der Waals surface area contributed by atoms with Crippen molar-refractivity contribution in [1.82, 2.24) is 14.5 Å². The predicted molar refractivity (Wildman–Crippen MR) is 131 cm³/mol. The fourth-order valence-electron chi connectivity index (χ4n) is 4.54. The molecule has 33 heavy (non-hydrogen) atoms. The maximum atomic E-state index is 13.3. The molecule has 1 fully saturated rings. The fraction of sp³-hybridized carbons (Fsp3) is 0.259. The van der Waals surface area contributed by atoms with Gasteiger partial charge in [0.05, 0.1) is 24.2 Å². The van der Waals surface area contributed by atoms with Crippen LogP contribution in [-0.2, 0) is 11.3 Å². The highest BCUT2D eigenvalue weighted by Crippen LogP contribution is 2.25. The van der Waals surface area contributed by atoms with Crippen LogP contribution in [0.5, 0.6) is 0 Å². The molecule has 1 aromatic heterocycles. The normalized spacial score (nSPS) is 13.9. The maximum Gasteiger partial charge on any atom is 0.253 e. The first-order valence-corrected chi connectivity index (χ1v) is 11.3. The van der Waals surface area contributed by atoms with E-state index < -0.39 is 0 Å². The SMILES string of the molecule is Cc1nc2cc(C(=O)N(C)Cc3ccccc3N3CCOCC3)ccc2n1-c1ccccc1. The van der Waals surface area contributed by atoms with E-state index in [1.165, 1.54) is 5.69 Å². The van der Waals surface area contributed by atoms with Crippen molar-refractivity contribution in [2.45, 2.75) is 13.5 Å². The number of hydrogen-bond acceptors (Lipinski definition) is 4. The summed E-state index contributed by atoms with van der Waals surface area (Å²) in [5.41, 5.74) is 5.84. The van der Waals surface area contributed by atoms with E-state index in [9.17, 15) is 4.79 Å². The summed E-state index contributed by atoms with van der Waals surface area (Å²) in [6.45, 7) is 5.74. The molecule has 0 saturated carbocycles. The van der Waals surface area contributed by atoms with Gasteiger partial charge in [0.15, 0.2) is 0 Å². The van der Waals surface area contributed by atoms with Gasteiger partial charge in [-0.25, -0.2) is 4.98 Å². The van der Waals surface area contributed by atoms with Crippen molar-refractivity contribution in [2.75, 3.05) is 38.3 Å². The first kappa shape index (κ1) is 21.2. The number of para-hydroxylation sites is 2. The number of anilines is 1. The molecule has 0 atom stereocenters. The van der Waals surface area contributed by atoms with E-state index in [0.717, 1.165) is 54.4 Å². The van der Waals surface area contributed by atoms with Crippen LogP contribution in [0.4, 0.5) is 5.69 Å². The van der Waals surface area contributed by atoms with Gasteiger partial charge < -0.3 is 14.5 Å². The molecule has 0 radical (unpaired) electrons. The van der Waals surface area contributed by atoms with Gasteiger partial charge in [0.2, 0.25) is 0 Å². The van der Waals surface area contributed by atoms with Crippen LogP contribution in [0.2, 0.25) is 0 Å². The zero-order valence-electron chi connectivity index (χ0n) is 19.1. The molecule has 0 aliphatic carbocycles. The Kier molecular flexibility index (Phi) is 5.84. The van der Waals surface area contributed by atoms with Crippen molar-refractivity contribution < 1.29 is 9.53 Å². The smallest absolute Gasteiger partial charge is 0.253 e. The average molecular weight is 441 g/mol. The van der Waals surface area contributed by atoms with Crippen LogP contribution in [0.15, 0.2) is 72.8 Å². The number of morpholine rings is 1. The zero-order valence-corrected chi connectivity index (χ0v) is 19.1. The largest absolute Gasteiger partial charge is 0.378 e. The number of carbonyl (C=O) groups excluding carboxylic acids is 1. The number of nitrogens with zero attached hydrogens (tertiary/aromatic N) is 4. The van der Waals surface area contributed by atoms with E-state index in [4.69, 9.17) is 9.72 Å². The third-order valence-corrected chi connectivity index (χ3v) is 6.18. The van der Waals surface area contributed by atoms with Gasteiger partial charge >= 0.3 is 0 Å². The number of carbonyl (C=O) groups is 1. The lowest BCUT2D eigenvalue weighted by Crippen LogP contribution is -2.37. The van der Waals surface area contributed by atoms with Gasteiger partial charge in [-0.2, -0.15) is 0 Å². The van der Waals surface area contributed by atoms with Gasteiger partial charge in [0, 0.05) is 43.6 Å². The lowest BCUT2D eigenvalue weighted by Gasteiger charge is -2.31. The van der Waals surface area contributed by atoms with Crippen molar-refractivity contribution in [2.24, 2.45) is 0 Å². The third kappa shape index (κ3) is 4.22. The average Bonchev–Trinajstić information content (AvgIpc) is 3.19. The molecular weight excluding hydrogens is 412 g/mol. The molecule has 0 N–H and O–H groups in total. The molecule has 168 valence electrons. The number of rotatable bonds is 5. The van der Waals surface area contributed by atoms with Gasteiger partial charge in [0.1, 0.15) is 5.82 Å². The molecule has 1 amide bonds. The molecule has 6 nitrogen and oxygen atoms in total. The van der Waals surface area contributed by atoms with Crippen molar-refractivity contribution in [1.29, 1.82) is 0 Å². The minimum absolute atomic E-state index is 0.0133. The standard InChI is InChI=1S/C27H28N4O2/c1-20-28-24-18-21(12-13-26(24)31(20)23-9-4-3-5-10-23)27(32)29(2)19-22-8-6-7-11-25(22)30-14-16-33-17-15-30/h3-13,18H,14-17,19H2,1-2H3. The Hall–Kier alpha value is -3.64. The Bertz CT molecular complexity index is 1280. The summed E-state index contributed by atoms with van der Waals surface area (Å²) in [5.74, 6) is 0.884. The number of ether oxygens (including phenoxy) is 1. The van der Waals surface area contributed by atoms with Crippen LogP contribution in [0.25, 0.3) is 16.7 Å². The number of aromatic nitrogens is 2. The highest BCUT2D eigenvalue weighted by Gasteiger charge is 2.19. The molecule has 1 saturated heterocycles. The van der Waals surface area contributed by atoms with Gasteiger partial charge in [-0.1, -0.05) is 36.4 Å². The third-order valence-electron chi connectivity index (χ3n) is 6.18. The molecule has 1 aliphatic rings. The number of fused-ring (bicyclic) bond motifs is 1. The molecule has 2 heterocycles. The number of amides is 1. The summed E-state index contributed by atoms with van der Waals surface area (Å²) in [7, 11) is 1.86. The summed E-state index contributed by atoms with van der Waals surface area (Å²) in [4.78, 5) is 22.1. The van der Waals surface area contributed by atoms with E-state index in [1.54, 1.807) is 4.90 Å². The highest BCUT2D eigenvalue weighted by atomic mass is 16.5. The van der Waals surface area contributed by atoms with E-state index in [-0.39, 0.29) is 5.91 Å². The van der Waals surface area contributed by atoms with Crippen LogP contribution >= 0.6 is 0 Å². The Labute approximate surface area is 194 Å². The molecule has 0 spiro atoms. The number of aryl methyl sites for hydroxylation is 1. The monoisotopic (exact) mass is 440 g/mol. The van der Waals surface area contributed by atoms with Crippen molar-refractivity contribution in [3.63, 3.8) is 0 Å². The fourth-order valence-corrected chi connectivity index (χ4v) is 4.54. The Morgan fingerprint density at radius 2 is 1.73 bits per heavy atom. The summed E-state index contributed by atoms with van der Waals surface area (Å²) < 4.78 is 7.61. The zero-order chi connectivity index (χ0) is 22.8. The van der Waals surface area contributed by atoms with E-state index in [0.29, 0.717) is 12.1 Å². The molecule has 6 heteroatoms. The van der Waals surface area contributed by atoms with Crippen molar-refractivity contribution in [3.8, 4) is 5.69 Å². The van der Waals surface area contributed by atoms with Crippen LogP contribution in [0, 0.1) is 6.92 Å². The molecule has 5 rings (SSSR count). The van der Waals surface area contributed by atoms with Crippen molar-refractivity contribution >= 4 is 22.6 Å². The number of hydrogen-bond donors (Lipinski definition) is 0. The minimum Gasteiger partial charge on any atom is -0.378 e. The summed E-state index contributed by atoms with van der Waals surface area (Å²) in [5, 5.41) is 0. The van der Waals surface area contributed by atoms with Crippen molar-refractivity contribution in [3.05, 3.63) is 89.7 Å². The maximum absolute atomic E-state index is 13.3. The number of benzene rings is 3. The molecule has 1 aliphatic heterocycles. The molecule has 3 aromatic carbocycles. The van der Waals surface area contributed by atoms with E-state index in [2.05, 4.69) is 39.8 Å². The van der Waals surface area contributed by atoms with Crippen LogP contribution in [0.1, 0.15) is 21.7 Å². The lowest BCUT2D eigenvalue weighted by atomic mass is 10.1. The summed E-state index contributed by atoms with van der Waals surface area (Å²) in [6, 6.07) is 24.3. The Balaban J connectivity index is 1.39. The second kappa shape index (κ2) is 9.08. The van der Waals surface area contributed by atoms with Crippen LogP contribution < -0.4 is 4.90 Å². The first-order chi connectivity index (χ1) is 16.1. The highest BCUT2D eigenvalue weighted by molar-refractivity contribution is 5.97. The predicted octanol–water partition coefficient (Wildman–Crippen LogP) is 4.44. The van der Waals surface area contributed by atoms with E-state index in [1.807, 2.05) is 56.4 Å². The lowest BCUT2D eigenvalue weighted by molar-refractivity contribution is 0.0785. The van der Waals surface area contributed by atoms with Gasteiger partial charge in [-0.15, -0.1) is 0 Å². The second-order valence-electron chi connectivity index (χ2n) is 8.42.